The lowest BCUT2D eigenvalue weighted by Gasteiger charge is -2.57. The lowest BCUT2D eigenvalue weighted by atomic mass is 9.34. The van der Waals surface area contributed by atoms with E-state index in [1.54, 1.807) is 5.56 Å². The first-order valence-corrected chi connectivity index (χ1v) is 25.8. The molecule has 0 radical (unpaired) electrons. The molecular formula is C58H46BNSSi. The zero-order chi connectivity index (χ0) is 40.6. The van der Waals surface area contributed by atoms with Crippen LogP contribution in [-0.4, -0.2) is 14.8 Å². The minimum Gasteiger partial charge on any atom is -0.311 e. The van der Waals surface area contributed by atoms with Gasteiger partial charge in [0.1, 0.15) is 0 Å². The predicted octanol–water partition coefficient (Wildman–Crippen LogP) is 9.94. The predicted molar refractivity (Wildman–Crippen MR) is 264 cm³/mol. The fraction of sp³-hybridized carbons (Fsp3) is 0.172. The molecule has 0 saturated heterocycles. The highest BCUT2D eigenvalue weighted by Gasteiger charge is 2.54. The molecule has 7 aliphatic rings. The van der Waals surface area contributed by atoms with Crippen molar-refractivity contribution in [3.05, 3.63) is 194 Å². The molecule has 8 aromatic rings. The lowest BCUT2D eigenvalue weighted by Crippen LogP contribution is -2.73. The molecule has 0 spiro atoms. The van der Waals surface area contributed by atoms with Crippen molar-refractivity contribution in [1.82, 2.24) is 0 Å². The molecule has 0 N–H and O–H groups in total. The summed E-state index contributed by atoms with van der Waals surface area (Å²) in [4.78, 5) is 5.62. The number of anilines is 3. The molecule has 0 aromatic heterocycles. The van der Waals surface area contributed by atoms with Gasteiger partial charge in [-0.15, -0.1) is 0 Å². The van der Waals surface area contributed by atoms with Crippen molar-refractivity contribution in [3.63, 3.8) is 0 Å². The summed E-state index contributed by atoms with van der Waals surface area (Å²) in [7, 11) is -2.77. The molecule has 4 saturated carbocycles. The van der Waals surface area contributed by atoms with Crippen LogP contribution in [0.3, 0.4) is 0 Å². The maximum atomic E-state index is 2.75. The van der Waals surface area contributed by atoms with Gasteiger partial charge in [-0.05, 0) is 146 Å². The van der Waals surface area contributed by atoms with Gasteiger partial charge in [-0.1, -0.05) is 175 Å². The van der Waals surface area contributed by atoms with Gasteiger partial charge in [-0.3, -0.25) is 0 Å². The second-order valence-corrected chi connectivity index (χ2v) is 24.2. The summed E-state index contributed by atoms with van der Waals surface area (Å²) in [6.07, 6.45) is 8.42. The van der Waals surface area contributed by atoms with Crippen molar-refractivity contribution in [2.24, 2.45) is 17.8 Å². The van der Waals surface area contributed by atoms with Crippen LogP contribution in [0.1, 0.15) is 44.1 Å². The summed E-state index contributed by atoms with van der Waals surface area (Å²) < 4.78 is 0. The van der Waals surface area contributed by atoms with Crippen LogP contribution >= 0.6 is 11.8 Å². The minimum atomic E-state index is -2.77. The Balaban J connectivity index is 1.11. The summed E-state index contributed by atoms with van der Waals surface area (Å²) >= 11 is 2.03. The number of benzene rings is 8. The van der Waals surface area contributed by atoms with Crippen LogP contribution in [0.25, 0.3) is 22.3 Å². The van der Waals surface area contributed by atoms with Gasteiger partial charge in [0.05, 0.1) is 5.69 Å². The smallest absolute Gasteiger partial charge is 0.249 e. The first kappa shape index (κ1) is 35.8. The molecule has 4 heteroatoms. The SMILES string of the molecule is c1ccc(-c2ccccc2N2c3cc4c(cc3B3c5ccccc5Sc5cc(C67CC8CC(CC(C8)C6)C7)cc2c53)-c2ccccc2[Si]4(c2ccccc2)c2ccccc2)cc1. The maximum absolute atomic E-state index is 2.77. The van der Waals surface area contributed by atoms with Crippen molar-refractivity contribution < 1.29 is 0 Å². The molecule has 3 aliphatic heterocycles. The third-order valence-electron chi connectivity index (χ3n) is 16.1. The van der Waals surface area contributed by atoms with E-state index in [0.29, 0.717) is 0 Å². The second-order valence-electron chi connectivity index (χ2n) is 19.4. The first-order valence-electron chi connectivity index (χ1n) is 23.0. The van der Waals surface area contributed by atoms with Gasteiger partial charge in [0, 0.05) is 26.7 Å². The molecule has 62 heavy (non-hydrogen) atoms. The number of rotatable bonds is 5. The van der Waals surface area contributed by atoms with Crippen molar-refractivity contribution >= 4 is 80.7 Å². The molecule has 4 aliphatic carbocycles. The first-order chi connectivity index (χ1) is 30.7. The third-order valence-corrected chi connectivity index (χ3v) is 22.2. The van der Waals surface area contributed by atoms with Gasteiger partial charge in [0.2, 0.25) is 6.71 Å². The summed E-state index contributed by atoms with van der Waals surface area (Å²) in [5.74, 6) is 2.64. The van der Waals surface area contributed by atoms with Crippen molar-refractivity contribution in [1.29, 1.82) is 0 Å². The van der Waals surface area contributed by atoms with E-state index in [9.17, 15) is 0 Å². The number of hydrogen-bond acceptors (Lipinski definition) is 2. The Bertz CT molecular complexity index is 3030. The fourth-order valence-electron chi connectivity index (χ4n) is 14.2. The average molecular weight is 828 g/mol. The van der Waals surface area contributed by atoms with E-state index < -0.39 is 8.07 Å². The van der Waals surface area contributed by atoms with Crippen LogP contribution < -0.4 is 42.0 Å². The van der Waals surface area contributed by atoms with Crippen LogP contribution in [0, 0.1) is 17.8 Å². The standard InChI is InChI=1S/C58H46BNSSi/c1-4-16-41(17-5-1)45-22-10-13-25-50(45)60-51-34-56-47(46-23-11-15-27-55(46)62(56,43-18-6-2-7-19-43)44-20-8-3-9-21-44)33-49(51)59-48-24-12-14-26-53(48)61-54-32-42(31-52(60)57(54)59)58-35-38-28-39(36-58)30-40(29-38)37-58/h1-27,31-34,38-40H,28-30,35-37H2. The minimum absolute atomic E-state index is 0.126. The van der Waals surface area contributed by atoms with E-state index in [2.05, 4.69) is 193 Å². The molecule has 3 heterocycles. The van der Waals surface area contributed by atoms with Gasteiger partial charge in [-0.25, -0.2) is 0 Å². The Morgan fingerprint density at radius 2 is 1.06 bits per heavy atom. The molecule has 4 fully saturated rings. The molecular weight excluding hydrogens is 782 g/mol. The molecule has 4 bridgehead atoms. The topological polar surface area (TPSA) is 3.24 Å². The summed E-state index contributed by atoms with van der Waals surface area (Å²) in [5, 5.41) is 5.87. The Labute approximate surface area is 371 Å². The van der Waals surface area contributed by atoms with E-state index in [4.69, 9.17) is 0 Å². The second kappa shape index (κ2) is 13.3. The number of nitrogens with zero attached hydrogens (tertiary/aromatic N) is 1. The average Bonchev–Trinajstić information content (AvgIpc) is 3.61. The van der Waals surface area contributed by atoms with Crippen LogP contribution in [0.15, 0.2) is 198 Å². The zero-order valence-electron chi connectivity index (χ0n) is 34.8. The molecule has 0 atom stereocenters. The van der Waals surface area contributed by atoms with E-state index in [0.717, 1.165) is 17.8 Å². The van der Waals surface area contributed by atoms with E-state index in [1.807, 2.05) is 11.8 Å². The highest BCUT2D eigenvalue weighted by atomic mass is 32.2. The van der Waals surface area contributed by atoms with Crippen molar-refractivity contribution in [3.8, 4) is 22.3 Å². The zero-order valence-corrected chi connectivity index (χ0v) is 36.6. The van der Waals surface area contributed by atoms with Crippen LogP contribution in [0.4, 0.5) is 17.1 Å². The highest BCUT2D eigenvalue weighted by molar-refractivity contribution is 8.00. The van der Waals surface area contributed by atoms with Gasteiger partial charge in [-0.2, -0.15) is 0 Å². The number of para-hydroxylation sites is 1. The Morgan fingerprint density at radius 3 is 1.77 bits per heavy atom. The summed E-state index contributed by atoms with van der Waals surface area (Å²) in [6.45, 7) is 0.126. The van der Waals surface area contributed by atoms with Crippen LogP contribution in [0.2, 0.25) is 0 Å². The Hall–Kier alpha value is -5.81. The highest BCUT2D eigenvalue weighted by Crippen LogP contribution is 2.61. The molecule has 0 unspecified atom stereocenters. The van der Waals surface area contributed by atoms with Gasteiger partial charge >= 0.3 is 0 Å². The monoisotopic (exact) mass is 827 g/mol. The van der Waals surface area contributed by atoms with Crippen LogP contribution in [-0.2, 0) is 5.41 Å². The Kier molecular flexibility index (Phi) is 7.70. The third kappa shape index (κ3) is 4.94. The van der Waals surface area contributed by atoms with Crippen molar-refractivity contribution in [2.45, 2.75) is 53.7 Å². The lowest BCUT2D eigenvalue weighted by molar-refractivity contribution is -0.00524. The normalized spacial score (nSPS) is 22.7. The summed E-state index contributed by atoms with van der Waals surface area (Å²) in [5.41, 5.74) is 15.5. The van der Waals surface area contributed by atoms with E-state index >= 15 is 0 Å². The quantitative estimate of drug-likeness (QED) is 0.159. The van der Waals surface area contributed by atoms with Gasteiger partial charge in [0.25, 0.3) is 0 Å². The van der Waals surface area contributed by atoms with Gasteiger partial charge in [0.15, 0.2) is 8.07 Å². The largest absolute Gasteiger partial charge is 0.311 e. The number of fused-ring (bicyclic) bond motifs is 7. The van der Waals surface area contributed by atoms with Crippen LogP contribution in [0.5, 0.6) is 0 Å². The molecule has 1 nitrogen and oxygen atoms in total. The molecule has 0 amide bonds. The fourth-order valence-corrected chi connectivity index (χ4v) is 20.6. The van der Waals surface area contributed by atoms with Gasteiger partial charge < -0.3 is 4.90 Å². The maximum Gasteiger partial charge on any atom is 0.249 e. The molecule has 296 valence electrons. The number of hydrogen-bond donors (Lipinski definition) is 0. The Morgan fingerprint density at radius 1 is 0.468 bits per heavy atom. The van der Waals surface area contributed by atoms with Crippen molar-refractivity contribution in [2.75, 3.05) is 4.90 Å². The van der Waals surface area contributed by atoms with E-state index in [1.165, 1.54) is 125 Å². The van der Waals surface area contributed by atoms with E-state index in [-0.39, 0.29) is 12.1 Å². The summed E-state index contributed by atoms with van der Waals surface area (Å²) in [6, 6.07) is 73.0. The molecule has 8 aromatic carbocycles. The molecule has 15 rings (SSSR count).